The lowest BCUT2D eigenvalue weighted by Crippen LogP contribution is -2.46. The summed E-state index contributed by atoms with van der Waals surface area (Å²) >= 11 is 0. The monoisotopic (exact) mass is 385 g/mol. The molecule has 0 unspecified atom stereocenters. The van der Waals surface area contributed by atoms with E-state index < -0.39 is 0 Å². The number of para-hydroxylation sites is 3. The number of nitro benzene ring substituents is 1. The maximum Gasteiger partial charge on any atom is 0.292 e. The fourth-order valence-corrected chi connectivity index (χ4v) is 3.49. The molecular weight excluding hydrogens is 358 g/mol. The third kappa shape index (κ3) is 5.21. The van der Waals surface area contributed by atoms with Gasteiger partial charge in [-0.15, -0.1) is 0 Å². The van der Waals surface area contributed by atoms with Gasteiger partial charge in [0.15, 0.2) is 0 Å². The van der Waals surface area contributed by atoms with Crippen LogP contribution in [0.5, 0.6) is 5.75 Å². The van der Waals surface area contributed by atoms with Crippen LogP contribution < -0.4 is 9.64 Å². The molecule has 3 rings (SSSR count). The summed E-state index contributed by atoms with van der Waals surface area (Å²) in [5.74, 6) is 0.753. The number of aliphatic hydroxyl groups excluding tert-OH is 1. The van der Waals surface area contributed by atoms with Crippen LogP contribution in [0.4, 0.5) is 11.4 Å². The summed E-state index contributed by atoms with van der Waals surface area (Å²) in [5, 5.41) is 20.5. The zero-order valence-electron chi connectivity index (χ0n) is 16.0. The first-order valence-electron chi connectivity index (χ1n) is 9.71. The summed E-state index contributed by atoms with van der Waals surface area (Å²) in [6.45, 7) is 5.01. The van der Waals surface area contributed by atoms with Gasteiger partial charge in [-0.2, -0.15) is 0 Å². The molecule has 1 aliphatic heterocycles. The predicted molar refractivity (Wildman–Crippen MR) is 109 cm³/mol. The average Bonchev–Trinajstić information content (AvgIpc) is 2.74. The van der Waals surface area contributed by atoms with Gasteiger partial charge in [-0.05, 0) is 31.5 Å². The van der Waals surface area contributed by atoms with Gasteiger partial charge in [0.1, 0.15) is 11.4 Å². The highest BCUT2D eigenvalue weighted by atomic mass is 16.6. The molecule has 0 radical (unpaired) electrons. The maximum atomic E-state index is 11.2. The number of nitro groups is 1. The third-order valence-electron chi connectivity index (χ3n) is 5.06. The van der Waals surface area contributed by atoms with Gasteiger partial charge in [0.05, 0.1) is 18.1 Å². The standard InChI is InChI=1S/C21H27N3O4/c25-17-18-7-1-4-10-21(18)28-16-6-5-11-22-12-14-23(15-13-22)19-8-2-3-9-20(19)24(26)27/h1-4,7-10,25H,5-6,11-17H2. The first-order chi connectivity index (χ1) is 13.7. The van der Waals surface area contributed by atoms with E-state index in [2.05, 4.69) is 9.80 Å². The van der Waals surface area contributed by atoms with E-state index in [1.165, 1.54) is 0 Å². The van der Waals surface area contributed by atoms with Crippen LogP contribution in [0, 0.1) is 10.1 Å². The van der Waals surface area contributed by atoms with Crippen molar-refractivity contribution in [2.24, 2.45) is 0 Å². The molecule has 0 atom stereocenters. The number of piperazine rings is 1. The van der Waals surface area contributed by atoms with E-state index in [-0.39, 0.29) is 17.2 Å². The largest absolute Gasteiger partial charge is 0.493 e. The van der Waals surface area contributed by atoms with E-state index in [0.717, 1.165) is 56.9 Å². The molecule has 1 heterocycles. The van der Waals surface area contributed by atoms with Crippen LogP contribution in [0.1, 0.15) is 18.4 Å². The van der Waals surface area contributed by atoms with Crippen LogP contribution >= 0.6 is 0 Å². The maximum absolute atomic E-state index is 11.2. The molecule has 1 saturated heterocycles. The number of ether oxygens (including phenoxy) is 1. The summed E-state index contributed by atoms with van der Waals surface area (Å²) in [5.41, 5.74) is 1.70. The van der Waals surface area contributed by atoms with Crippen LogP contribution in [0.25, 0.3) is 0 Å². The molecule has 0 bridgehead atoms. The number of aliphatic hydroxyl groups is 1. The van der Waals surface area contributed by atoms with Gasteiger partial charge in [0.2, 0.25) is 0 Å². The lowest BCUT2D eigenvalue weighted by molar-refractivity contribution is -0.384. The summed E-state index contributed by atoms with van der Waals surface area (Å²) < 4.78 is 5.78. The van der Waals surface area contributed by atoms with E-state index in [0.29, 0.717) is 12.3 Å². The van der Waals surface area contributed by atoms with Crippen molar-refractivity contribution in [3.05, 3.63) is 64.2 Å². The van der Waals surface area contributed by atoms with Gasteiger partial charge in [-0.25, -0.2) is 0 Å². The summed E-state index contributed by atoms with van der Waals surface area (Å²) in [6.07, 6.45) is 1.98. The molecule has 7 heteroatoms. The topological polar surface area (TPSA) is 79.1 Å². The van der Waals surface area contributed by atoms with Gasteiger partial charge < -0.3 is 14.7 Å². The van der Waals surface area contributed by atoms with Crippen molar-refractivity contribution < 1.29 is 14.8 Å². The Kier molecular flexibility index (Phi) is 7.22. The minimum atomic E-state index is -0.309. The van der Waals surface area contributed by atoms with E-state index in [4.69, 9.17) is 4.74 Å². The van der Waals surface area contributed by atoms with Gasteiger partial charge in [0, 0.05) is 37.8 Å². The molecule has 0 aromatic heterocycles. The lowest BCUT2D eigenvalue weighted by atomic mass is 10.2. The van der Waals surface area contributed by atoms with Crippen molar-refractivity contribution in [2.75, 3.05) is 44.2 Å². The predicted octanol–water partition coefficient (Wildman–Crippen LogP) is 3.07. The summed E-state index contributed by atoms with van der Waals surface area (Å²) in [6, 6.07) is 14.5. The second kappa shape index (κ2) is 10.1. The van der Waals surface area contributed by atoms with Crippen LogP contribution in [-0.2, 0) is 6.61 Å². The molecule has 2 aromatic carbocycles. The smallest absolute Gasteiger partial charge is 0.292 e. The minimum absolute atomic E-state index is 0.0139. The van der Waals surface area contributed by atoms with Crippen LogP contribution in [0.2, 0.25) is 0 Å². The highest BCUT2D eigenvalue weighted by Crippen LogP contribution is 2.28. The quantitative estimate of drug-likeness (QED) is 0.406. The van der Waals surface area contributed by atoms with Crippen molar-refractivity contribution in [1.82, 2.24) is 4.90 Å². The van der Waals surface area contributed by atoms with Gasteiger partial charge >= 0.3 is 0 Å². The van der Waals surface area contributed by atoms with E-state index in [9.17, 15) is 15.2 Å². The molecule has 28 heavy (non-hydrogen) atoms. The third-order valence-corrected chi connectivity index (χ3v) is 5.06. The van der Waals surface area contributed by atoms with Crippen molar-refractivity contribution in [1.29, 1.82) is 0 Å². The Morgan fingerprint density at radius 1 is 1.00 bits per heavy atom. The van der Waals surface area contributed by atoms with Gasteiger partial charge in [0.25, 0.3) is 5.69 Å². The molecule has 150 valence electrons. The first-order valence-corrected chi connectivity index (χ1v) is 9.71. The summed E-state index contributed by atoms with van der Waals surface area (Å²) in [7, 11) is 0. The van der Waals surface area contributed by atoms with Crippen molar-refractivity contribution in [2.45, 2.75) is 19.4 Å². The number of rotatable bonds is 9. The van der Waals surface area contributed by atoms with E-state index in [1.54, 1.807) is 12.1 Å². The molecule has 0 amide bonds. The Morgan fingerprint density at radius 3 is 2.46 bits per heavy atom. The minimum Gasteiger partial charge on any atom is -0.493 e. The molecule has 0 spiro atoms. The molecule has 1 fully saturated rings. The fraction of sp³-hybridized carbons (Fsp3) is 0.429. The van der Waals surface area contributed by atoms with Crippen LogP contribution in [0.3, 0.4) is 0 Å². The Morgan fingerprint density at radius 2 is 1.71 bits per heavy atom. The fourth-order valence-electron chi connectivity index (χ4n) is 3.49. The number of anilines is 1. The lowest BCUT2D eigenvalue weighted by Gasteiger charge is -2.35. The Balaban J connectivity index is 1.38. The Bertz CT molecular complexity index is 776. The number of nitrogens with zero attached hydrogens (tertiary/aromatic N) is 3. The highest BCUT2D eigenvalue weighted by molar-refractivity contribution is 5.63. The number of hydrogen-bond donors (Lipinski definition) is 1. The molecule has 0 saturated carbocycles. The molecule has 0 aliphatic carbocycles. The normalized spacial score (nSPS) is 14.8. The van der Waals surface area contributed by atoms with Crippen molar-refractivity contribution in [3.63, 3.8) is 0 Å². The van der Waals surface area contributed by atoms with Crippen LogP contribution in [-0.4, -0.2) is 54.3 Å². The molecule has 1 N–H and O–H groups in total. The Labute approximate surface area is 165 Å². The highest BCUT2D eigenvalue weighted by Gasteiger charge is 2.22. The van der Waals surface area contributed by atoms with Gasteiger partial charge in [-0.1, -0.05) is 30.3 Å². The number of unbranched alkanes of at least 4 members (excludes halogenated alkanes) is 1. The molecule has 7 nitrogen and oxygen atoms in total. The Hall–Kier alpha value is -2.64. The van der Waals surface area contributed by atoms with Crippen LogP contribution in [0.15, 0.2) is 48.5 Å². The van der Waals surface area contributed by atoms with Crippen molar-refractivity contribution in [3.8, 4) is 5.75 Å². The summed E-state index contributed by atoms with van der Waals surface area (Å²) in [4.78, 5) is 15.4. The molecular formula is C21H27N3O4. The second-order valence-corrected chi connectivity index (χ2v) is 6.90. The SMILES string of the molecule is O=[N+]([O-])c1ccccc1N1CCN(CCCCOc2ccccc2CO)CC1. The molecule has 2 aromatic rings. The zero-order chi connectivity index (χ0) is 19.8. The zero-order valence-corrected chi connectivity index (χ0v) is 16.0. The number of hydrogen-bond acceptors (Lipinski definition) is 6. The molecule has 1 aliphatic rings. The average molecular weight is 385 g/mol. The first kappa shape index (κ1) is 20.1. The second-order valence-electron chi connectivity index (χ2n) is 6.90. The number of benzene rings is 2. The van der Waals surface area contributed by atoms with E-state index >= 15 is 0 Å². The van der Waals surface area contributed by atoms with Crippen molar-refractivity contribution >= 4 is 11.4 Å². The van der Waals surface area contributed by atoms with Gasteiger partial charge in [-0.3, -0.25) is 15.0 Å². The van der Waals surface area contributed by atoms with E-state index in [1.807, 2.05) is 36.4 Å².